The Morgan fingerprint density at radius 3 is 2.70 bits per heavy atom. The molecule has 1 heterocycles. The summed E-state index contributed by atoms with van der Waals surface area (Å²) in [6.07, 6.45) is 1.90. The van der Waals surface area contributed by atoms with Crippen LogP contribution in [-0.4, -0.2) is 21.4 Å². The molecular formula is C12H13N5O3. The highest BCUT2D eigenvalue weighted by Gasteiger charge is 2.05. The summed E-state index contributed by atoms with van der Waals surface area (Å²) < 4.78 is 0. The number of nitro benzene ring substituents is 1. The van der Waals surface area contributed by atoms with Gasteiger partial charge in [-0.15, -0.1) is 0 Å². The smallest absolute Gasteiger partial charge is 0.276 e. The average Bonchev–Trinajstić information content (AvgIpc) is 2.44. The predicted molar refractivity (Wildman–Crippen MR) is 74.6 cm³/mol. The van der Waals surface area contributed by atoms with E-state index in [1.807, 2.05) is 0 Å². The first kappa shape index (κ1) is 13.5. The average molecular weight is 275 g/mol. The number of hydrogen-bond donors (Lipinski definition) is 3. The minimum atomic E-state index is -0.442. The lowest BCUT2D eigenvalue weighted by Gasteiger charge is -2.07. The molecule has 2 aromatic rings. The predicted octanol–water partition coefficient (Wildman–Crippen LogP) is 0.915. The number of nitrogens with zero attached hydrogens (tertiary/aromatic N) is 2. The molecule has 0 spiro atoms. The van der Waals surface area contributed by atoms with Crippen molar-refractivity contribution in [2.24, 2.45) is 0 Å². The number of nitrogens with one attached hydrogen (secondary N) is 2. The number of benzene rings is 1. The molecule has 0 aliphatic rings. The van der Waals surface area contributed by atoms with Gasteiger partial charge in [0.15, 0.2) is 5.82 Å². The van der Waals surface area contributed by atoms with Crippen LogP contribution >= 0.6 is 0 Å². The summed E-state index contributed by atoms with van der Waals surface area (Å²) in [6, 6.07) is 6.28. The van der Waals surface area contributed by atoms with E-state index in [1.165, 1.54) is 18.5 Å². The van der Waals surface area contributed by atoms with Crippen LogP contribution in [0, 0.1) is 10.1 Å². The van der Waals surface area contributed by atoms with Gasteiger partial charge in [-0.25, -0.2) is 4.98 Å². The summed E-state index contributed by atoms with van der Waals surface area (Å²) in [5, 5.41) is 13.5. The maximum absolute atomic E-state index is 11.2. The zero-order valence-electron chi connectivity index (χ0n) is 10.5. The van der Waals surface area contributed by atoms with Crippen LogP contribution in [0.1, 0.15) is 5.56 Å². The third-order valence-corrected chi connectivity index (χ3v) is 2.74. The van der Waals surface area contributed by atoms with Gasteiger partial charge in [0.2, 0.25) is 0 Å². The maximum Gasteiger partial charge on any atom is 0.276 e. The van der Waals surface area contributed by atoms with Crippen molar-refractivity contribution in [3.05, 3.63) is 56.6 Å². The highest BCUT2D eigenvalue weighted by molar-refractivity contribution is 5.58. The molecule has 4 N–H and O–H groups in total. The van der Waals surface area contributed by atoms with E-state index in [4.69, 9.17) is 5.73 Å². The zero-order valence-corrected chi connectivity index (χ0v) is 10.5. The number of hydrogen-bond acceptors (Lipinski definition) is 6. The van der Waals surface area contributed by atoms with Crippen LogP contribution < -0.4 is 16.6 Å². The van der Waals surface area contributed by atoms with E-state index in [9.17, 15) is 14.9 Å². The molecule has 0 fully saturated rings. The quantitative estimate of drug-likeness (QED) is 0.550. The van der Waals surface area contributed by atoms with E-state index in [1.54, 1.807) is 12.1 Å². The number of H-pyrrole nitrogens is 1. The molecule has 2 rings (SSSR count). The Kier molecular flexibility index (Phi) is 3.94. The molecule has 0 amide bonds. The van der Waals surface area contributed by atoms with Crippen molar-refractivity contribution in [3.63, 3.8) is 0 Å². The number of nitro groups is 1. The molecule has 1 aromatic heterocycles. The molecule has 0 saturated heterocycles. The van der Waals surface area contributed by atoms with Crippen LogP contribution in [-0.2, 0) is 6.42 Å². The topological polar surface area (TPSA) is 127 Å². The third-order valence-electron chi connectivity index (χ3n) is 2.74. The molecule has 0 saturated carbocycles. The van der Waals surface area contributed by atoms with Crippen LogP contribution in [0.15, 0.2) is 35.4 Å². The van der Waals surface area contributed by atoms with Gasteiger partial charge in [0.05, 0.1) is 11.3 Å². The molecular weight excluding hydrogens is 262 g/mol. The molecule has 1 aromatic carbocycles. The minimum absolute atomic E-state index is 0.0381. The number of aromatic amines is 1. The lowest BCUT2D eigenvalue weighted by atomic mass is 10.1. The first-order valence-corrected chi connectivity index (χ1v) is 5.88. The van der Waals surface area contributed by atoms with Gasteiger partial charge >= 0.3 is 0 Å². The van der Waals surface area contributed by atoms with E-state index < -0.39 is 10.5 Å². The van der Waals surface area contributed by atoms with Gasteiger partial charge in [-0.3, -0.25) is 14.9 Å². The monoisotopic (exact) mass is 275 g/mol. The van der Waals surface area contributed by atoms with Gasteiger partial charge in [-0.2, -0.15) is 0 Å². The highest BCUT2D eigenvalue weighted by Crippen LogP contribution is 2.13. The molecule has 20 heavy (non-hydrogen) atoms. The second-order valence-corrected chi connectivity index (χ2v) is 4.09. The molecule has 8 nitrogen and oxygen atoms in total. The summed E-state index contributed by atoms with van der Waals surface area (Å²) in [6.45, 7) is 0.512. The molecule has 0 bridgehead atoms. The van der Waals surface area contributed by atoms with Crippen LogP contribution in [0.2, 0.25) is 0 Å². The lowest BCUT2D eigenvalue weighted by molar-refractivity contribution is -0.384. The Labute approximate surface area is 113 Å². The number of anilines is 2. The van der Waals surface area contributed by atoms with Gasteiger partial charge in [0, 0.05) is 18.7 Å². The maximum atomic E-state index is 11.2. The van der Waals surface area contributed by atoms with Crippen molar-refractivity contribution in [1.29, 1.82) is 0 Å². The molecule has 0 aliphatic heterocycles. The van der Waals surface area contributed by atoms with Crippen LogP contribution in [0.3, 0.4) is 0 Å². The third kappa shape index (κ3) is 3.10. The summed E-state index contributed by atoms with van der Waals surface area (Å²) in [5.41, 5.74) is 6.21. The second-order valence-electron chi connectivity index (χ2n) is 4.09. The summed E-state index contributed by atoms with van der Waals surface area (Å²) >= 11 is 0. The van der Waals surface area contributed by atoms with Gasteiger partial charge < -0.3 is 16.0 Å². The van der Waals surface area contributed by atoms with Crippen LogP contribution in [0.4, 0.5) is 17.2 Å². The van der Waals surface area contributed by atoms with Crippen molar-refractivity contribution >= 4 is 17.2 Å². The van der Waals surface area contributed by atoms with Crippen molar-refractivity contribution < 1.29 is 4.92 Å². The summed E-state index contributed by atoms with van der Waals surface area (Å²) in [4.78, 5) is 27.6. The van der Waals surface area contributed by atoms with Crippen LogP contribution in [0.5, 0.6) is 0 Å². The van der Waals surface area contributed by atoms with E-state index in [2.05, 4.69) is 15.3 Å². The van der Waals surface area contributed by atoms with Gasteiger partial charge in [-0.1, -0.05) is 12.1 Å². The molecule has 0 aliphatic carbocycles. The van der Waals surface area contributed by atoms with Crippen molar-refractivity contribution in [3.8, 4) is 0 Å². The largest absolute Gasteiger partial charge is 0.391 e. The number of aromatic nitrogens is 2. The van der Waals surface area contributed by atoms with Crippen LogP contribution in [0.25, 0.3) is 0 Å². The number of nitrogens with two attached hydrogens (primary N) is 1. The van der Waals surface area contributed by atoms with Crippen molar-refractivity contribution in [2.45, 2.75) is 6.42 Å². The standard InChI is InChI=1S/C12H13N5O3/c13-10-11(15-7-16-12(10)18)14-6-5-8-1-3-9(4-2-8)17(19)20/h1-4,7H,5-6,13H2,(H2,14,15,16,18). The number of rotatable bonds is 5. The number of non-ortho nitro benzene ring substituents is 1. The number of nitrogen functional groups attached to an aromatic ring is 1. The Bertz CT molecular complexity index is 666. The van der Waals surface area contributed by atoms with E-state index >= 15 is 0 Å². The Balaban J connectivity index is 1.94. The van der Waals surface area contributed by atoms with E-state index in [0.717, 1.165) is 5.56 Å². The summed E-state index contributed by atoms with van der Waals surface area (Å²) in [7, 11) is 0. The Morgan fingerprint density at radius 1 is 1.35 bits per heavy atom. The van der Waals surface area contributed by atoms with E-state index in [0.29, 0.717) is 18.8 Å². The first-order chi connectivity index (χ1) is 9.58. The fraction of sp³-hybridized carbons (Fsp3) is 0.167. The fourth-order valence-electron chi connectivity index (χ4n) is 1.66. The highest BCUT2D eigenvalue weighted by atomic mass is 16.6. The summed E-state index contributed by atoms with van der Waals surface area (Å²) in [5.74, 6) is 0.329. The van der Waals surface area contributed by atoms with Gasteiger partial charge in [0.25, 0.3) is 11.2 Å². The molecule has 104 valence electrons. The Hall–Kier alpha value is -2.90. The van der Waals surface area contributed by atoms with E-state index in [-0.39, 0.29) is 11.4 Å². The molecule has 8 heteroatoms. The van der Waals surface area contributed by atoms with Gasteiger partial charge in [-0.05, 0) is 12.0 Å². The normalized spacial score (nSPS) is 10.2. The minimum Gasteiger partial charge on any atom is -0.391 e. The SMILES string of the molecule is Nc1c(NCCc2ccc([N+](=O)[O-])cc2)nc[nH]c1=O. The lowest BCUT2D eigenvalue weighted by Crippen LogP contribution is -2.17. The first-order valence-electron chi connectivity index (χ1n) is 5.88. The van der Waals surface area contributed by atoms with Crippen molar-refractivity contribution in [2.75, 3.05) is 17.6 Å². The molecule has 0 atom stereocenters. The van der Waals surface area contributed by atoms with Crippen molar-refractivity contribution in [1.82, 2.24) is 9.97 Å². The fourth-order valence-corrected chi connectivity index (χ4v) is 1.66. The Morgan fingerprint density at radius 2 is 2.05 bits per heavy atom. The molecule has 0 unspecified atom stereocenters. The zero-order chi connectivity index (χ0) is 14.5. The molecule has 0 radical (unpaired) electrons. The second kappa shape index (κ2) is 5.83. The van der Waals surface area contributed by atoms with Gasteiger partial charge in [0.1, 0.15) is 5.69 Å².